The Kier molecular flexibility index (Phi) is 8.02. The summed E-state index contributed by atoms with van der Waals surface area (Å²) in [6.45, 7) is 7.57. The van der Waals surface area contributed by atoms with Gasteiger partial charge >= 0.3 is 0 Å². The second-order valence-corrected chi connectivity index (χ2v) is 10.1. The Hall–Kier alpha value is -4.37. The van der Waals surface area contributed by atoms with E-state index in [1.54, 1.807) is 23.9 Å². The highest BCUT2D eigenvalue weighted by molar-refractivity contribution is 5.80. The van der Waals surface area contributed by atoms with Crippen LogP contribution in [0.25, 0.3) is 10.9 Å². The predicted octanol–water partition coefficient (Wildman–Crippen LogP) is 5.48. The highest BCUT2D eigenvalue weighted by atomic mass is 19.1. The number of nitrogens with zero attached hydrogens (tertiary/aromatic N) is 5. The Morgan fingerprint density at radius 1 is 0.975 bits per heavy atom. The molecule has 0 spiro atoms. The summed E-state index contributed by atoms with van der Waals surface area (Å²) >= 11 is 0. The molecule has 2 heterocycles. The van der Waals surface area contributed by atoms with Crippen molar-refractivity contribution in [1.29, 1.82) is 0 Å². The van der Waals surface area contributed by atoms with Gasteiger partial charge in [0.05, 0.1) is 19.7 Å². The van der Waals surface area contributed by atoms with E-state index in [1.165, 1.54) is 17.7 Å². The van der Waals surface area contributed by atoms with Crippen molar-refractivity contribution in [3.63, 3.8) is 0 Å². The predicted molar refractivity (Wildman–Crippen MR) is 153 cm³/mol. The van der Waals surface area contributed by atoms with Crippen LogP contribution >= 0.6 is 0 Å². The minimum absolute atomic E-state index is 0.115. The molecule has 0 radical (unpaired) electrons. The van der Waals surface area contributed by atoms with Crippen molar-refractivity contribution < 1.29 is 9.13 Å². The standard InChI is InChI=1S/C31H33FN6O2/c1-5-29(30-34-35-36-38(30)18-23-6-10-26(32)11-7-23)37(17-22-8-12-27(40-4)13-9-22)19-25-16-24-14-20(2)21(3)15-28(24)33-31(25)39/h6-16,29H,5,17-19H2,1-4H3,(H,33,39)/t29-/m0/s1. The number of tetrazole rings is 1. The Bertz CT molecular complexity index is 1660. The number of ether oxygens (including phenoxy) is 1. The third-order valence-electron chi connectivity index (χ3n) is 7.38. The highest BCUT2D eigenvalue weighted by Crippen LogP contribution is 2.28. The molecule has 0 unspecified atom stereocenters. The second kappa shape index (κ2) is 11.8. The van der Waals surface area contributed by atoms with Crippen LogP contribution in [0.2, 0.25) is 0 Å². The number of pyridine rings is 1. The second-order valence-electron chi connectivity index (χ2n) is 10.1. The van der Waals surface area contributed by atoms with E-state index in [1.807, 2.05) is 43.3 Å². The molecule has 0 aliphatic rings. The van der Waals surface area contributed by atoms with Crippen LogP contribution in [0.1, 0.15) is 53.0 Å². The van der Waals surface area contributed by atoms with Crippen LogP contribution in [0, 0.1) is 19.7 Å². The number of hydrogen-bond donors (Lipinski definition) is 1. The average molecular weight is 541 g/mol. The molecule has 3 aromatic carbocycles. The maximum absolute atomic E-state index is 13.5. The van der Waals surface area contributed by atoms with Gasteiger partial charge in [0.15, 0.2) is 5.82 Å². The van der Waals surface area contributed by atoms with Crippen molar-refractivity contribution >= 4 is 10.9 Å². The largest absolute Gasteiger partial charge is 0.497 e. The minimum atomic E-state index is -0.288. The van der Waals surface area contributed by atoms with E-state index in [0.717, 1.165) is 33.3 Å². The molecule has 5 rings (SSSR count). The zero-order chi connectivity index (χ0) is 28.2. The van der Waals surface area contributed by atoms with Gasteiger partial charge in [-0.2, -0.15) is 0 Å². The number of nitrogens with one attached hydrogen (secondary N) is 1. The van der Waals surface area contributed by atoms with Gasteiger partial charge in [-0.25, -0.2) is 9.07 Å². The van der Waals surface area contributed by atoms with E-state index in [4.69, 9.17) is 4.74 Å². The molecule has 40 heavy (non-hydrogen) atoms. The van der Waals surface area contributed by atoms with Crippen LogP contribution in [0.3, 0.4) is 0 Å². The molecule has 0 aliphatic heterocycles. The van der Waals surface area contributed by atoms with Gasteiger partial charge in [-0.3, -0.25) is 9.69 Å². The lowest BCUT2D eigenvalue weighted by molar-refractivity contribution is 0.161. The summed E-state index contributed by atoms with van der Waals surface area (Å²) in [6, 6.07) is 20.2. The van der Waals surface area contributed by atoms with Crippen molar-refractivity contribution in [2.75, 3.05) is 7.11 Å². The lowest BCUT2D eigenvalue weighted by Gasteiger charge is -2.30. The van der Waals surface area contributed by atoms with E-state index in [0.29, 0.717) is 37.4 Å². The van der Waals surface area contributed by atoms with E-state index in [2.05, 4.69) is 45.3 Å². The van der Waals surface area contributed by atoms with Crippen molar-refractivity contribution in [3.8, 4) is 5.75 Å². The van der Waals surface area contributed by atoms with Gasteiger partial charge in [-0.05, 0) is 101 Å². The molecule has 8 nitrogen and oxygen atoms in total. The summed E-state index contributed by atoms with van der Waals surface area (Å²) in [7, 11) is 1.64. The first-order chi connectivity index (χ1) is 19.3. The molecule has 9 heteroatoms. The first-order valence-electron chi connectivity index (χ1n) is 13.3. The van der Waals surface area contributed by atoms with Crippen LogP contribution in [-0.2, 0) is 19.6 Å². The Balaban J connectivity index is 1.52. The topological polar surface area (TPSA) is 88.9 Å². The van der Waals surface area contributed by atoms with E-state index in [-0.39, 0.29) is 17.4 Å². The normalized spacial score (nSPS) is 12.2. The van der Waals surface area contributed by atoms with E-state index in [9.17, 15) is 9.18 Å². The maximum Gasteiger partial charge on any atom is 0.252 e. The van der Waals surface area contributed by atoms with E-state index >= 15 is 0 Å². The molecule has 1 atom stereocenters. The number of H-pyrrole nitrogens is 1. The Labute approximate surface area is 232 Å². The summed E-state index contributed by atoms with van der Waals surface area (Å²) in [5.41, 5.74) is 5.65. The molecule has 2 aromatic heterocycles. The number of halogens is 1. The Morgan fingerprint density at radius 2 is 1.68 bits per heavy atom. The van der Waals surface area contributed by atoms with Crippen molar-refractivity contribution in [2.45, 2.75) is 52.9 Å². The number of rotatable bonds is 10. The zero-order valence-corrected chi connectivity index (χ0v) is 23.2. The van der Waals surface area contributed by atoms with Gasteiger partial charge in [-0.15, -0.1) is 5.10 Å². The fourth-order valence-electron chi connectivity index (χ4n) is 5.03. The Morgan fingerprint density at radius 3 is 2.38 bits per heavy atom. The summed E-state index contributed by atoms with van der Waals surface area (Å²) in [6.07, 6.45) is 0.712. The zero-order valence-electron chi connectivity index (χ0n) is 23.2. The number of aryl methyl sites for hydroxylation is 2. The van der Waals surface area contributed by atoms with Gasteiger partial charge in [0.25, 0.3) is 5.56 Å². The molecule has 5 aromatic rings. The van der Waals surface area contributed by atoms with Gasteiger partial charge in [0.2, 0.25) is 0 Å². The number of aromatic nitrogens is 5. The summed E-state index contributed by atoms with van der Waals surface area (Å²) in [4.78, 5) is 18.6. The minimum Gasteiger partial charge on any atom is -0.497 e. The van der Waals surface area contributed by atoms with Crippen molar-refractivity contribution in [3.05, 3.63) is 117 Å². The van der Waals surface area contributed by atoms with Gasteiger partial charge < -0.3 is 9.72 Å². The van der Waals surface area contributed by atoms with Gasteiger partial charge in [-0.1, -0.05) is 31.2 Å². The third kappa shape index (κ3) is 5.94. The number of hydrogen-bond acceptors (Lipinski definition) is 6. The summed E-state index contributed by atoms with van der Waals surface area (Å²) in [5.74, 6) is 1.18. The van der Waals surface area contributed by atoms with Gasteiger partial charge in [0, 0.05) is 24.2 Å². The first-order valence-corrected chi connectivity index (χ1v) is 13.3. The highest BCUT2D eigenvalue weighted by Gasteiger charge is 2.26. The molecule has 1 N–H and O–H groups in total. The van der Waals surface area contributed by atoms with E-state index < -0.39 is 0 Å². The first kappa shape index (κ1) is 27.2. The smallest absolute Gasteiger partial charge is 0.252 e. The fraction of sp³-hybridized carbons (Fsp3) is 0.290. The van der Waals surface area contributed by atoms with Crippen LogP contribution < -0.4 is 10.3 Å². The van der Waals surface area contributed by atoms with Gasteiger partial charge in [0.1, 0.15) is 11.6 Å². The quantitative estimate of drug-likeness (QED) is 0.252. The van der Waals surface area contributed by atoms with Crippen molar-refractivity contribution in [2.24, 2.45) is 0 Å². The number of methoxy groups -OCH3 is 1. The molecule has 0 aliphatic carbocycles. The van der Waals surface area contributed by atoms with Crippen LogP contribution in [0.5, 0.6) is 5.75 Å². The lowest BCUT2D eigenvalue weighted by Crippen LogP contribution is -2.32. The van der Waals surface area contributed by atoms with Crippen LogP contribution in [0.4, 0.5) is 4.39 Å². The summed E-state index contributed by atoms with van der Waals surface area (Å²) in [5, 5.41) is 13.6. The molecule has 0 saturated carbocycles. The molecule has 0 saturated heterocycles. The van der Waals surface area contributed by atoms with Crippen LogP contribution in [0.15, 0.2) is 71.5 Å². The average Bonchev–Trinajstić information content (AvgIpc) is 3.40. The number of benzene rings is 3. The SMILES string of the molecule is CC[C@@H](c1nnnn1Cc1ccc(F)cc1)N(Cc1ccc(OC)cc1)Cc1cc2cc(C)c(C)cc2[nH]c1=O. The summed E-state index contributed by atoms with van der Waals surface area (Å²) < 4.78 is 20.6. The van der Waals surface area contributed by atoms with Crippen molar-refractivity contribution in [1.82, 2.24) is 30.1 Å². The molecule has 206 valence electrons. The lowest BCUT2D eigenvalue weighted by atomic mass is 10.0. The fourth-order valence-corrected chi connectivity index (χ4v) is 5.03. The maximum atomic E-state index is 13.5. The van der Waals surface area contributed by atoms with Crippen LogP contribution in [-0.4, -0.2) is 37.2 Å². The number of fused-ring (bicyclic) bond motifs is 1. The monoisotopic (exact) mass is 540 g/mol. The number of aromatic amines is 1. The molecular weight excluding hydrogens is 507 g/mol. The molecule has 0 bridgehead atoms. The molecule has 0 fully saturated rings. The third-order valence-corrected chi connectivity index (χ3v) is 7.38. The molecular formula is C31H33FN6O2. The molecule has 0 amide bonds.